The third-order valence-corrected chi connectivity index (χ3v) is 3.48. The fourth-order valence-electron chi connectivity index (χ4n) is 2.19. The molecule has 1 N–H and O–H groups in total. The van der Waals surface area contributed by atoms with Crippen molar-refractivity contribution in [3.05, 3.63) is 18.5 Å². The highest BCUT2D eigenvalue weighted by atomic mass is 16.2. The maximum atomic E-state index is 12.1. The highest BCUT2D eigenvalue weighted by Crippen LogP contribution is 2.37. The number of hydrogen-bond acceptors (Lipinski definition) is 3. The minimum absolute atomic E-state index is 0.211. The van der Waals surface area contributed by atoms with E-state index >= 15 is 0 Å². The van der Waals surface area contributed by atoms with E-state index in [0.29, 0.717) is 18.5 Å². The molecule has 0 bridgehead atoms. The second kappa shape index (κ2) is 4.59. The van der Waals surface area contributed by atoms with Crippen molar-refractivity contribution in [1.29, 1.82) is 0 Å². The minimum Gasteiger partial charge on any atom is -0.379 e. The van der Waals surface area contributed by atoms with Crippen LogP contribution in [0.1, 0.15) is 39.0 Å². The van der Waals surface area contributed by atoms with Gasteiger partial charge >= 0.3 is 0 Å². The number of carbonyl (C=O) groups is 1. The lowest BCUT2D eigenvalue weighted by Crippen LogP contribution is -2.33. The van der Waals surface area contributed by atoms with Gasteiger partial charge in [-0.2, -0.15) is 0 Å². The number of pyridine rings is 1. The summed E-state index contributed by atoms with van der Waals surface area (Å²) in [6.07, 6.45) is 8.85. The second-order valence-electron chi connectivity index (χ2n) is 5.16. The van der Waals surface area contributed by atoms with Crippen LogP contribution in [0.3, 0.4) is 0 Å². The number of aromatic nitrogens is 1. The summed E-state index contributed by atoms with van der Waals surface area (Å²) in [6, 6.07) is 2.93. The fourth-order valence-corrected chi connectivity index (χ4v) is 2.19. The van der Waals surface area contributed by atoms with Crippen LogP contribution in [0.4, 0.5) is 11.4 Å². The van der Waals surface area contributed by atoms with E-state index in [0.717, 1.165) is 24.2 Å². The summed E-state index contributed by atoms with van der Waals surface area (Å²) in [5.41, 5.74) is 2.01. The van der Waals surface area contributed by atoms with Crippen molar-refractivity contribution in [3.63, 3.8) is 0 Å². The van der Waals surface area contributed by atoms with Gasteiger partial charge in [0.15, 0.2) is 0 Å². The highest BCUT2D eigenvalue weighted by Gasteiger charge is 2.34. The predicted molar refractivity (Wildman–Crippen MR) is 71.7 cm³/mol. The lowest BCUT2D eigenvalue weighted by molar-refractivity contribution is -0.118. The zero-order chi connectivity index (χ0) is 12.5. The molecule has 0 atom stereocenters. The first-order chi connectivity index (χ1) is 8.79. The lowest BCUT2D eigenvalue weighted by atomic mass is 10.2. The Hall–Kier alpha value is -1.58. The molecule has 0 aromatic carbocycles. The first kappa shape index (κ1) is 11.5. The number of nitrogens with one attached hydrogen (secondary N) is 1. The van der Waals surface area contributed by atoms with Crippen molar-refractivity contribution < 1.29 is 4.79 Å². The van der Waals surface area contributed by atoms with Crippen LogP contribution in [0, 0.1) is 0 Å². The molecular weight excluding hydrogens is 226 g/mol. The summed E-state index contributed by atoms with van der Waals surface area (Å²) in [7, 11) is 0. The third kappa shape index (κ3) is 2.33. The van der Waals surface area contributed by atoms with Crippen LogP contribution in [0.5, 0.6) is 0 Å². The van der Waals surface area contributed by atoms with E-state index < -0.39 is 0 Å². The topological polar surface area (TPSA) is 45.2 Å². The Morgan fingerprint density at radius 2 is 2.22 bits per heavy atom. The van der Waals surface area contributed by atoms with Crippen molar-refractivity contribution in [1.82, 2.24) is 4.98 Å². The molecule has 2 fully saturated rings. The maximum Gasteiger partial charge on any atom is 0.227 e. The molecule has 1 aromatic rings. The van der Waals surface area contributed by atoms with Crippen LogP contribution in [0.15, 0.2) is 18.5 Å². The molecule has 0 saturated heterocycles. The monoisotopic (exact) mass is 245 g/mol. The summed E-state index contributed by atoms with van der Waals surface area (Å²) < 4.78 is 0. The molecule has 0 radical (unpaired) electrons. The molecule has 4 heteroatoms. The SMILES string of the molecule is CCC(=O)N(c1ccncc1NC1CC1)C1CC1. The van der Waals surface area contributed by atoms with Crippen LogP contribution in [0.2, 0.25) is 0 Å². The zero-order valence-electron chi connectivity index (χ0n) is 10.7. The first-order valence-electron chi connectivity index (χ1n) is 6.82. The minimum atomic E-state index is 0.211. The van der Waals surface area contributed by atoms with Gasteiger partial charge in [0.1, 0.15) is 0 Å². The molecule has 1 aromatic heterocycles. The van der Waals surface area contributed by atoms with Crippen LogP contribution in [0.25, 0.3) is 0 Å². The van der Waals surface area contributed by atoms with Gasteiger partial charge in [0, 0.05) is 24.7 Å². The molecule has 96 valence electrons. The second-order valence-corrected chi connectivity index (χ2v) is 5.16. The average Bonchev–Trinajstić information content (AvgIpc) is 3.24. The van der Waals surface area contributed by atoms with Gasteiger partial charge in [0.05, 0.1) is 17.6 Å². The molecule has 2 saturated carbocycles. The summed E-state index contributed by atoms with van der Waals surface area (Å²) in [5, 5.41) is 3.47. The Bertz CT molecular complexity index is 452. The summed E-state index contributed by atoms with van der Waals surface area (Å²) in [6.45, 7) is 1.92. The van der Waals surface area contributed by atoms with Gasteiger partial charge in [0.25, 0.3) is 0 Å². The van der Waals surface area contributed by atoms with Crippen molar-refractivity contribution in [2.24, 2.45) is 0 Å². The smallest absolute Gasteiger partial charge is 0.227 e. The normalized spacial score (nSPS) is 18.5. The average molecular weight is 245 g/mol. The van der Waals surface area contributed by atoms with E-state index in [9.17, 15) is 4.79 Å². The number of nitrogens with zero attached hydrogens (tertiary/aromatic N) is 2. The van der Waals surface area contributed by atoms with Crippen molar-refractivity contribution >= 4 is 17.3 Å². The van der Waals surface area contributed by atoms with Gasteiger partial charge in [-0.1, -0.05) is 6.92 Å². The summed E-state index contributed by atoms with van der Waals surface area (Å²) in [4.78, 5) is 18.3. The largest absolute Gasteiger partial charge is 0.379 e. The third-order valence-electron chi connectivity index (χ3n) is 3.48. The quantitative estimate of drug-likeness (QED) is 0.867. The molecule has 0 unspecified atom stereocenters. The van der Waals surface area contributed by atoms with E-state index in [1.807, 2.05) is 24.1 Å². The molecule has 1 amide bonds. The van der Waals surface area contributed by atoms with Gasteiger partial charge in [-0.15, -0.1) is 0 Å². The molecule has 4 nitrogen and oxygen atoms in total. The van der Waals surface area contributed by atoms with Crippen molar-refractivity contribution in [3.8, 4) is 0 Å². The number of anilines is 2. The highest BCUT2D eigenvalue weighted by molar-refractivity contribution is 5.97. The van der Waals surface area contributed by atoms with Crippen LogP contribution >= 0.6 is 0 Å². The number of hydrogen-bond donors (Lipinski definition) is 1. The molecule has 18 heavy (non-hydrogen) atoms. The Labute approximate surface area is 107 Å². The molecule has 2 aliphatic carbocycles. The van der Waals surface area contributed by atoms with Crippen LogP contribution in [-0.2, 0) is 4.79 Å². The fraction of sp³-hybridized carbons (Fsp3) is 0.571. The first-order valence-corrected chi connectivity index (χ1v) is 6.82. The van der Waals surface area contributed by atoms with E-state index in [1.165, 1.54) is 12.8 Å². The summed E-state index contributed by atoms with van der Waals surface area (Å²) in [5.74, 6) is 0.211. The van der Waals surface area contributed by atoms with Crippen LogP contribution < -0.4 is 10.2 Å². The Balaban J connectivity index is 1.89. The van der Waals surface area contributed by atoms with Gasteiger partial charge in [0.2, 0.25) is 5.91 Å². The Morgan fingerprint density at radius 3 is 2.83 bits per heavy atom. The van der Waals surface area contributed by atoms with Gasteiger partial charge in [-0.05, 0) is 31.7 Å². The standard InChI is InChI=1S/C14H19N3O/c1-2-14(18)17(11-5-6-11)13-7-8-15-9-12(13)16-10-3-4-10/h7-11,16H,2-6H2,1H3. The van der Waals surface area contributed by atoms with Crippen LogP contribution in [-0.4, -0.2) is 23.0 Å². The van der Waals surface area contributed by atoms with Gasteiger partial charge in [-0.3, -0.25) is 9.78 Å². The zero-order valence-corrected chi connectivity index (χ0v) is 10.7. The maximum absolute atomic E-state index is 12.1. The Kier molecular flexibility index (Phi) is 2.94. The van der Waals surface area contributed by atoms with E-state index in [2.05, 4.69) is 10.3 Å². The molecule has 1 heterocycles. The van der Waals surface area contributed by atoms with Crippen molar-refractivity contribution in [2.75, 3.05) is 10.2 Å². The van der Waals surface area contributed by atoms with Gasteiger partial charge in [-0.25, -0.2) is 0 Å². The van der Waals surface area contributed by atoms with E-state index in [-0.39, 0.29) is 5.91 Å². The van der Waals surface area contributed by atoms with E-state index in [4.69, 9.17) is 0 Å². The Morgan fingerprint density at radius 1 is 1.44 bits per heavy atom. The molecular formula is C14H19N3O. The van der Waals surface area contributed by atoms with E-state index in [1.54, 1.807) is 6.20 Å². The summed E-state index contributed by atoms with van der Waals surface area (Å²) >= 11 is 0. The molecule has 2 aliphatic rings. The molecule has 3 rings (SSSR count). The molecule has 0 spiro atoms. The van der Waals surface area contributed by atoms with Gasteiger partial charge < -0.3 is 10.2 Å². The number of rotatable bonds is 5. The molecule has 0 aliphatic heterocycles. The lowest BCUT2D eigenvalue weighted by Gasteiger charge is -2.24. The number of carbonyl (C=O) groups excluding carboxylic acids is 1. The number of amides is 1. The predicted octanol–water partition coefficient (Wildman–Crippen LogP) is 2.56. The van der Waals surface area contributed by atoms with Crippen molar-refractivity contribution in [2.45, 2.75) is 51.1 Å².